The van der Waals surface area contributed by atoms with E-state index in [1.165, 1.54) is 25.7 Å². The molecule has 5 nitrogen and oxygen atoms in total. The highest BCUT2D eigenvalue weighted by Gasteiger charge is 2.19. The third-order valence-corrected chi connectivity index (χ3v) is 4.35. The first-order valence-electron chi connectivity index (χ1n) is 7.50. The summed E-state index contributed by atoms with van der Waals surface area (Å²) in [4.78, 5) is 10.8. The Kier molecular flexibility index (Phi) is 5.99. The Hall–Kier alpha value is -1.14. The predicted molar refractivity (Wildman–Crippen MR) is 88.8 cm³/mol. The zero-order chi connectivity index (χ0) is 15.2. The maximum absolute atomic E-state index is 11.1. The largest absolute Gasteiger partial charge is 0.377 e. The number of nitro benzene ring substituents is 1. The molecule has 2 N–H and O–H groups in total. The molecule has 0 bridgehead atoms. The first kappa shape index (κ1) is 16.2. The fourth-order valence-corrected chi connectivity index (χ4v) is 3.18. The Morgan fingerprint density at radius 1 is 1.48 bits per heavy atom. The van der Waals surface area contributed by atoms with Crippen LogP contribution in [-0.4, -0.2) is 23.6 Å². The lowest BCUT2D eigenvalue weighted by Gasteiger charge is -2.22. The van der Waals surface area contributed by atoms with Crippen molar-refractivity contribution in [3.63, 3.8) is 0 Å². The first-order valence-corrected chi connectivity index (χ1v) is 8.29. The molecule has 0 spiro atoms. The van der Waals surface area contributed by atoms with E-state index in [2.05, 4.69) is 33.5 Å². The van der Waals surface area contributed by atoms with Crippen LogP contribution in [0.3, 0.4) is 0 Å². The van der Waals surface area contributed by atoms with Crippen LogP contribution in [0.25, 0.3) is 0 Å². The molecule has 0 aromatic heterocycles. The molecule has 116 valence electrons. The Bertz CT molecular complexity index is 488. The molecule has 2 rings (SSSR count). The molecule has 1 aliphatic heterocycles. The van der Waals surface area contributed by atoms with Crippen LogP contribution in [0.1, 0.15) is 39.0 Å². The number of rotatable bonds is 5. The third kappa shape index (κ3) is 4.97. The smallest absolute Gasteiger partial charge is 0.293 e. The Morgan fingerprint density at radius 2 is 2.29 bits per heavy atom. The minimum Gasteiger partial charge on any atom is -0.377 e. The molecule has 1 saturated heterocycles. The second-order valence-electron chi connectivity index (χ2n) is 5.70. The zero-order valence-electron chi connectivity index (χ0n) is 12.3. The summed E-state index contributed by atoms with van der Waals surface area (Å²) in [6, 6.07) is 5.83. The summed E-state index contributed by atoms with van der Waals surface area (Å²) in [5.74, 6) is 0. The lowest BCUT2D eigenvalue weighted by atomic mass is 10.0. The van der Waals surface area contributed by atoms with Gasteiger partial charge < -0.3 is 10.6 Å². The maximum atomic E-state index is 11.1. The number of halogens is 1. The van der Waals surface area contributed by atoms with E-state index in [1.807, 2.05) is 6.07 Å². The second-order valence-corrected chi connectivity index (χ2v) is 6.62. The quantitative estimate of drug-likeness (QED) is 0.616. The van der Waals surface area contributed by atoms with Gasteiger partial charge in [0.25, 0.3) is 5.69 Å². The predicted octanol–water partition coefficient (Wildman–Crippen LogP) is 4.08. The third-order valence-electron chi connectivity index (χ3n) is 3.86. The number of hydrogen-bond acceptors (Lipinski definition) is 4. The molecular formula is C15H22BrN3O2. The summed E-state index contributed by atoms with van der Waals surface area (Å²) in [6.07, 6.45) is 5.98. The van der Waals surface area contributed by atoms with Gasteiger partial charge in [0.15, 0.2) is 0 Å². The minimum atomic E-state index is -0.344. The monoisotopic (exact) mass is 355 g/mol. The number of hydrogen-bond donors (Lipinski definition) is 2. The summed E-state index contributed by atoms with van der Waals surface area (Å²) in [6.45, 7) is 3.16. The fourth-order valence-electron chi connectivity index (χ4n) is 2.83. The van der Waals surface area contributed by atoms with Gasteiger partial charge in [0.2, 0.25) is 0 Å². The molecule has 2 unspecified atom stereocenters. The fraction of sp³-hybridized carbons (Fsp3) is 0.600. The molecule has 0 amide bonds. The molecule has 1 aliphatic rings. The van der Waals surface area contributed by atoms with Crippen LogP contribution in [0.15, 0.2) is 22.7 Å². The van der Waals surface area contributed by atoms with Gasteiger partial charge in [0.1, 0.15) is 5.69 Å². The Balaban J connectivity index is 1.98. The van der Waals surface area contributed by atoms with Crippen LogP contribution < -0.4 is 10.6 Å². The first-order chi connectivity index (χ1) is 10.1. The van der Waals surface area contributed by atoms with E-state index in [-0.39, 0.29) is 16.7 Å². The molecule has 1 heterocycles. The number of nitrogens with one attached hydrogen (secondary N) is 2. The second kappa shape index (κ2) is 7.75. The van der Waals surface area contributed by atoms with E-state index in [4.69, 9.17) is 0 Å². The summed E-state index contributed by atoms with van der Waals surface area (Å²) in [7, 11) is 0. The summed E-state index contributed by atoms with van der Waals surface area (Å²) in [5, 5.41) is 18.0. The summed E-state index contributed by atoms with van der Waals surface area (Å²) >= 11 is 3.28. The SMILES string of the molecule is CC(CC1CCCCCN1)Nc1ccc(Br)cc1[N+](=O)[O-]. The highest BCUT2D eigenvalue weighted by atomic mass is 79.9. The van der Waals surface area contributed by atoms with E-state index in [9.17, 15) is 10.1 Å². The van der Waals surface area contributed by atoms with Crippen LogP contribution in [0.2, 0.25) is 0 Å². The van der Waals surface area contributed by atoms with Crippen LogP contribution in [0.4, 0.5) is 11.4 Å². The van der Waals surface area contributed by atoms with E-state index >= 15 is 0 Å². The molecule has 2 atom stereocenters. The molecule has 1 fully saturated rings. The minimum absolute atomic E-state index is 0.116. The molecule has 6 heteroatoms. The zero-order valence-corrected chi connectivity index (χ0v) is 13.9. The summed E-state index contributed by atoms with van der Waals surface area (Å²) in [5.41, 5.74) is 0.703. The van der Waals surface area contributed by atoms with Crippen LogP contribution in [0, 0.1) is 10.1 Å². The van der Waals surface area contributed by atoms with Gasteiger partial charge in [-0.2, -0.15) is 0 Å². The van der Waals surface area contributed by atoms with Crippen molar-refractivity contribution in [3.8, 4) is 0 Å². The number of anilines is 1. The highest BCUT2D eigenvalue weighted by Crippen LogP contribution is 2.29. The Labute approximate surface area is 133 Å². The van der Waals surface area contributed by atoms with Gasteiger partial charge in [-0.1, -0.05) is 28.8 Å². The van der Waals surface area contributed by atoms with Crippen LogP contribution >= 0.6 is 15.9 Å². The van der Waals surface area contributed by atoms with E-state index in [1.54, 1.807) is 12.1 Å². The lowest BCUT2D eigenvalue weighted by molar-refractivity contribution is -0.384. The molecule has 0 aliphatic carbocycles. The van der Waals surface area contributed by atoms with E-state index in [0.29, 0.717) is 11.7 Å². The van der Waals surface area contributed by atoms with Gasteiger partial charge in [0.05, 0.1) is 4.92 Å². The van der Waals surface area contributed by atoms with Crippen molar-refractivity contribution in [1.29, 1.82) is 0 Å². The average Bonchev–Trinajstić information content (AvgIpc) is 2.69. The number of nitrogens with zero attached hydrogens (tertiary/aromatic N) is 1. The van der Waals surface area contributed by atoms with Crippen molar-refractivity contribution in [1.82, 2.24) is 5.32 Å². The lowest BCUT2D eigenvalue weighted by Crippen LogP contribution is -2.33. The van der Waals surface area contributed by atoms with Crippen molar-refractivity contribution in [2.45, 2.75) is 51.1 Å². The molecule has 21 heavy (non-hydrogen) atoms. The standard InChI is InChI=1S/C15H22BrN3O2/c1-11(9-13-5-3-2-4-8-17-13)18-14-7-6-12(16)10-15(14)19(20)21/h6-7,10-11,13,17-18H,2-5,8-9H2,1H3. The molecule has 1 aromatic carbocycles. The number of benzene rings is 1. The van der Waals surface area contributed by atoms with Crippen LogP contribution in [-0.2, 0) is 0 Å². The Morgan fingerprint density at radius 3 is 3.05 bits per heavy atom. The molecular weight excluding hydrogens is 334 g/mol. The van der Waals surface area contributed by atoms with Gasteiger partial charge in [0, 0.05) is 22.6 Å². The van der Waals surface area contributed by atoms with Crippen molar-refractivity contribution in [3.05, 3.63) is 32.8 Å². The normalized spacial score (nSPS) is 20.6. The molecule has 1 aromatic rings. The van der Waals surface area contributed by atoms with Crippen molar-refractivity contribution >= 4 is 27.3 Å². The summed E-state index contributed by atoms with van der Waals surface area (Å²) < 4.78 is 0.720. The van der Waals surface area contributed by atoms with Gasteiger partial charge in [-0.05, 0) is 44.9 Å². The van der Waals surface area contributed by atoms with Crippen molar-refractivity contribution < 1.29 is 4.92 Å². The van der Waals surface area contributed by atoms with Gasteiger partial charge in [-0.25, -0.2) is 0 Å². The van der Waals surface area contributed by atoms with E-state index in [0.717, 1.165) is 17.4 Å². The van der Waals surface area contributed by atoms with Crippen LogP contribution in [0.5, 0.6) is 0 Å². The topological polar surface area (TPSA) is 67.2 Å². The number of nitro groups is 1. The van der Waals surface area contributed by atoms with Crippen molar-refractivity contribution in [2.75, 3.05) is 11.9 Å². The van der Waals surface area contributed by atoms with Gasteiger partial charge >= 0.3 is 0 Å². The van der Waals surface area contributed by atoms with Crippen molar-refractivity contribution in [2.24, 2.45) is 0 Å². The molecule has 0 saturated carbocycles. The van der Waals surface area contributed by atoms with Gasteiger partial charge in [-0.15, -0.1) is 0 Å². The van der Waals surface area contributed by atoms with E-state index < -0.39 is 0 Å². The highest BCUT2D eigenvalue weighted by molar-refractivity contribution is 9.10. The maximum Gasteiger partial charge on any atom is 0.293 e. The average molecular weight is 356 g/mol. The van der Waals surface area contributed by atoms with Gasteiger partial charge in [-0.3, -0.25) is 10.1 Å². The molecule has 0 radical (unpaired) electrons.